The smallest absolute Gasteiger partial charge is 0.270 e. The van der Waals surface area contributed by atoms with Crippen molar-refractivity contribution in [2.45, 2.75) is 78.2 Å². The summed E-state index contributed by atoms with van der Waals surface area (Å²) in [7, 11) is -2.19. The Balaban J connectivity index is 1.56. The summed E-state index contributed by atoms with van der Waals surface area (Å²) < 4.78 is 32.2. The van der Waals surface area contributed by atoms with Gasteiger partial charge in [0.2, 0.25) is 10.0 Å². The molecule has 11 nitrogen and oxygen atoms in total. The van der Waals surface area contributed by atoms with Crippen molar-refractivity contribution in [3.63, 3.8) is 0 Å². The molecule has 0 unspecified atom stereocenters. The van der Waals surface area contributed by atoms with E-state index in [4.69, 9.17) is 4.74 Å². The van der Waals surface area contributed by atoms with Crippen LogP contribution in [0.15, 0.2) is 42.2 Å². The number of benzene rings is 2. The van der Waals surface area contributed by atoms with Crippen LogP contribution in [0.4, 0.5) is 17.1 Å². The molecular formula is C31H44N6O5S. The molecule has 0 saturated heterocycles. The molecule has 5 N–H and O–H groups in total. The van der Waals surface area contributed by atoms with Gasteiger partial charge in [-0.3, -0.25) is 24.7 Å². The third-order valence-corrected chi connectivity index (χ3v) is 8.55. The second-order valence-electron chi connectivity index (χ2n) is 12.5. The van der Waals surface area contributed by atoms with Crippen molar-refractivity contribution in [3.05, 3.63) is 58.9 Å². The lowest BCUT2D eigenvalue weighted by Crippen LogP contribution is -2.43. The van der Waals surface area contributed by atoms with Crippen molar-refractivity contribution in [3.8, 4) is 5.75 Å². The van der Waals surface area contributed by atoms with Gasteiger partial charge in [-0.15, -0.1) is 5.53 Å². The zero-order chi connectivity index (χ0) is 31.5. The van der Waals surface area contributed by atoms with E-state index in [1.54, 1.807) is 35.5 Å². The second kappa shape index (κ2) is 12.8. The van der Waals surface area contributed by atoms with Crippen LogP contribution in [0.3, 0.4) is 0 Å². The van der Waals surface area contributed by atoms with Gasteiger partial charge in [-0.1, -0.05) is 46.1 Å². The highest BCUT2D eigenvalue weighted by Crippen LogP contribution is 2.39. The Morgan fingerprint density at radius 3 is 2.35 bits per heavy atom. The Morgan fingerprint density at radius 2 is 1.72 bits per heavy atom. The van der Waals surface area contributed by atoms with Crippen molar-refractivity contribution in [2.24, 2.45) is 5.92 Å². The van der Waals surface area contributed by atoms with Crippen LogP contribution >= 0.6 is 0 Å². The number of aryl methyl sites for hydroxylation is 1. The molecule has 0 bridgehead atoms. The first kappa shape index (κ1) is 32.2. The van der Waals surface area contributed by atoms with Gasteiger partial charge >= 0.3 is 0 Å². The molecule has 2 aliphatic rings. The largest absolute Gasteiger partial charge is 0.492 e. The predicted molar refractivity (Wildman–Crippen MR) is 170 cm³/mol. The number of hydrogen-bond acceptors (Lipinski definition) is 8. The Kier molecular flexibility index (Phi) is 9.60. The summed E-state index contributed by atoms with van der Waals surface area (Å²) in [5.41, 5.74) is 9.28. The number of ether oxygens (including phenoxy) is 1. The summed E-state index contributed by atoms with van der Waals surface area (Å²) in [4.78, 5) is 26.5. The van der Waals surface area contributed by atoms with Crippen LogP contribution in [-0.4, -0.2) is 39.6 Å². The van der Waals surface area contributed by atoms with Crippen molar-refractivity contribution >= 4 is 38.9 Å². The molecule has 12 heteroatoms. The molecule has 1 fully saturated rings. The average Bonchev–Trinajstić information content (AvgIpc) is 3.42. The third-order valence-electron chi connectivity index (χ3n) is 7.96. The topological polar surface area (TPSA) is 141 Å². The summed E-state index contributed by atoms with van der Waals surface area (Å²) in [6.07, 6.45) is 8.67. The Morgan fingerprint density at radius 1 is 1.05 bits per heavy atom. The number of carbonyl (C=O) groups is 2. The van der Waals surface area contributed by atoms with E-state index in [-0.39, 0.29) is 28.8 Å². The van der Waals surface area contributed by atoms with Crippen molar-refractivity contribution in [1.29, 1.82) is 0 Å². The van der Waals surface area contributed by atoms with Crippen LogP contribution in [0.5, 0.6) is 5.75 Å². The number of hydrogen-bond donors (Lipinski definition) is 5. The van der Waals surface area contributed by atoms with Crippen LogP contribution in [0, 0.1) is 12.8 Å². The van der Waals surface area contributed by atoms with Gasteiger partial charge in [0.15, 0.2) is 5.75 Å². The normalized spacial score (nSPS) is 16.6. The van der Waals surface area contributed by atoms with Crippen LogP contribution < -0.4 is 36.1 Å². The van der Waals surface area contributed by atoms with Crippen LogP contribution in [0.25, 0.3) is 0 Å². The van der Waals surface area contributed by atoms with E-state index in [0.29, 0.717) is 28.6 Å². The minimum Gasteiger partial charge on any atom is -0.492 e. The molecule has 4 rings (SSSR count). The first-order valence-corrected chi connectivity index (χ1v) is 16.5. The van der Waals surface area contributed by atoms with Crippen LogP contribution in [-0.2, 0) is 20.2 Å². The van der Waals surface area contributed by atoms with Gasteiger partial charge in [0, 0.05) is 11.6 Å². The molecule has 1 heterocycles. The number of sulfonamides is 1. The van der Waals surface area contributed by atoms with Crippen molar-refractivity contribution in [1.82, 2.24) is 16.3 Å². The SMILES string of the molecule is COc1c(NC(=O)c2ccc(C)c(N3C=C(C(=O)N[C@@H](C)C4CCCCC4)NN3)c2)cc(C(C)(C)C)cc1NS(C)(=O)=O. The average molecular weight is 613 g/mol. The lowest BCUT2D eigenvalue weighted by Gasteiger charge is -2.28. The van der Waals surface area contributed by atoms with Gasteiger partial charge in [-0.2, -0.15) is 0 Å². The van der Waals surface area contributed by atoms with Gasteiger partial charge < -0.3 is 15.4 Å². The van der Waals surface area contributed by atoms with E-state index in [9.17, 15) is 18.0 Å². The molecule has 0 aromatic heterocycles. The molecule has 1 aliphatic heterocycles. The van der Waals surface area contributed by atoms with Gasteiger partial charge in [-0.05, 0) is 73.4 Å². The number of nitrogens with one attached hydrogen (secondary N) is 5. The van der Waals surface area contributed by atoms with Gasteiger partial charge in [0.05, 0.1) is 36.6 Å². The number of nitrogens with zero attached hydrogens (tertiary/aromatic N) is 1. The number of amides is 2. The molecule has 1 atom stereocenters. The standard InChI is InChI=1S/C31H44N6O5S/c1-19-13-14-22(15-27(19)37-18-26(34-36-37)30(39)32-20(2)21-11-9-8-10-12-21)29(38)33-24-16-23(31(3,4)5)17-25(28(24)42-6)35-43(7,40)41/h13-18,20-21,34-36H,8-12H2,1-7H3,(H,32,39)(H,33,38)/t20-/m0/s1. The fourth-order valence-electron chi connectivity index (χ4n) is 5.45. The number of methoxy groups -OCH3 is 1. The molecule has 0 spiro atoms. The summed E-state index contributed by atoms with van der Waals surface area (Å²) in [6, 6.07) is 8.82. The van der Waals surface area contributed by atoms with E-state index < -0.39 is 15.9 Å². The highest BCUT2D eigenvalue weighted by molar-refractivity contribution is 7.92. The highest BCUT2D eigenvalue weighted by Gasteiger charge is 2.26. The number of hydrazine groups is 2. The Bertz CT molecular complexity index is 1510. The minimum absolute atomic E-state index is 0.0836. The summed E-state index contributed by atoms with van der Waals surface area (Å²) in [5, 5.41) is 7.69. The Labute approximate surface area is 254 Å². The second-order valence-corrected chi connectivity index (χ2v) is 14.2. The zero-order valence-corrected chi connectivity index (χ0v) is 26.9. The minimum atomic E-state index is -3.61. The molecule has 1 saturated carbocycles. The van der Waals surface area contributed by atoms with Crippen LogP contribution in [0.2, 0.25) is 0 Å². The van der Waals surface area contributed by atoms with Gasteiger partial charge in [0.25, 0.3) is 11.8 Å². The fraction of sp³-hybridized carbons (Fsp3) is 0.484. The van der Waals surface area contributed by atoms with E-state index in [1.807, 2.05) is 33.8 Å². The fourth-order valence-corrected chi connectivity index (χ4v) is 6.00. The lowest BCUT2D eigenvalue weighted by molar-refractivity contribution is -0.118. The molecule has 43 heavy (non-hydrogen) atoms. The molecule has 2 amide bonds. The first-order chi connectivity index (χ1) is 20.2. The molecular weight excluding hydrogens is 568 g/mol. The van der Waals surface area contributed by atoms with Gasteiger partial charge in [0.1, 0.15) is 5.70 Å². The summed E-state index contributed by atoms with van der Waals surface area (Å²) in [5.74, 6) is 0.0861. The molecule has 2 aromatic carbocycles. The van der Waals surface area contributed by atoms with E-state index in [0.717, 1.165) is 30.2 Å². The summed E-state index contributed by atoms with van der Waals surface area (Å²) in [6.45, 7) is 9.95. The maximum Gasteiger partial charge on any atom is 0.270 e. The van der Waals surface area contributed by atoms with Crippen LogP contribution in [0.1, 0.15) is 81.3 Å². The lowest BCUT2D eigenvalue weighted by atomic mass is 9.84. The quantitative estimate of drug-likeness (QED) is 0.275. The van der Waals surface area contributed by atoms with E-state index >= 15 is 0 Å². The number of anilines is 3. The van der Waals surface area contributed by atoms with Crippen molar-refractivity contribution in [2.75, 3.05) is 28.4 Å². The first-order valence-electron chi connectivity index (χ1n) is 14.6. The van der Waals surface area contributed by atoms with Gasteiger partial charge in [-0.25, -0.2) is 8.42 Å². The Hall–Kier alpha value is -3.77. The monoisotopic (exact) mass is 612 g/mol. The maximum atomic E-state index is 13.5. The molecule has 2 aromatic rings. The van der Waals surface area contributed by atoms with E-state index in [2.05, 4.69) is 33.2 Å². The highest BCUT2D eigenvalue weighted by atomic mass is 32.2. The van der Waals surface area contributed by atoms with Crippen molar-refractivity contribution < 1.29 is 22.7 Å². The predicted octanol–water partition coefficient (Wildman–Crippen LogP) is 4.68. The third kappa shape index (κ3) is 7.99. The summed E-state index contributed by atoms with van der Waals surface area (Å²) >= 11 is 0. The van der Waals surface area contributed by atoms with E-state index in [1.165, 1.54) is 26.4 Å². The zero-order valence-electron chi connectivity index (χ0n) is 26.1. The molecule has 0 radical (unpaired) electrons. The number of rotatable bonds is 9. The molecule has 1 aliphatic carbocycles. The maximum absolute atomic E-state index is 13.5. The number of carbonyl (C=O) groups excluding carboxylic acids is 2. The molecule has 234 valence electrons.